The normalized spacial score (nSPS) is 12.0. The van der Waals surface area contributed by atoms with Gasteiger partial charge in [-0.25, -0.2) is 4.98 Å². The van der Waals surface area contributed by atoms with E-state index in [9.17, 15) is 4.79 Å². The summed E-state index contributed by atoms with van der Waals surface area (Å²) < 4.78 is 5.79. The molecule has 4 rings (SSSR count). The Labute approximate surface area is 208 Å². The Balaban J connectivity index is 1.53. The number of oxazole rings is 1. The number of aromatic nitrogens is 1. The monoisotopic (exact) mass is 467 g/mol. The predicted octanol–water partition coefficient (Wildman–Crippen LogP) is 6.33. The average Bonchev–Trinajstić information content (AvgIpc) is 3.34. The molecule has 180 valence electrons. The Morgan fingerprint density at radius 2 is 1.60 bits per heavy atom. The quantitative estimate of drug-likeness (QED) is 0.289. The fraction of sp³-hybridized carbons (Fsp3) is 0.267. The molecule has 1 heterocycles. The van der Waals surface area contributed by atoms with E-state index in [0.717, 1.165) is 12.1 Å². The van der Waals surface area contributed by atoms with Crippen LogP contribution in [-0.4, -0.2) is 27.7 Å². The lowest BCUT2D eigenvalue weighted by molar-refractivity contribution is 0.0779. The summed E-state index contributed by atoms with van der Waals surface area (Å²) >= 11 is 0. The van der Waals surface area contributed by atoms with Crippen LogP contribution in [0.2, 0.25) is 0 Å². The first kappa shape index (κ1) is 24.4. The van der Waals surface area contributed by atoms with Crippen LogP contribution in [0, 0.1) is 13.8 Å². The first-order valence-corrected chi connectivity index (χ1v) is 12.0. The Kier molecular flexibility index (Phi) is 7.78. The minimum atomic E-state index is -0.152. The maximum absolute atomic E-state index is 13.0. The van der Waals surface area contributed by atoms with Crippen LogP contribution in [-0.2, 0) is 19.6 Å². The Morgan fingerprint density at radius 1 is 0.914 bits per heavy atom. The van der Waals surface area contributed by atoms with Gasteiger partial charge in [0, 0.05) is 26.2 Å². The zero-order chi connectivity index (χ0) is 24.8. The van der Waals surface area contributed by atoms with E-state index in [1.54, 1.807) is 11.9 Å². The third-order valence-corrected chi connectivity index (χ3v) is 6.43. The van der Waals surface area contributed by atoms with E-state index in [1.807, 2.05) is 36.4 Å². The Hall–Kier alpha value is -3.70. The van der Waals surface area contributed by atoms with Gasteiger partial charge in [0.15, 0.2) is 5.69 Å². The standard InChI is InChI=1S/C30H33N3O2/c1-22-15-16-23(2)27(17-22)19-33(24(3)26-13-9-6-10-14-26)20-29-31-28(21-35-29)30(34)32(4)18-25-11-7-5-8-12-25/h5-17,21,24H,18-20H2,1-4H3/t24-/m0/s1. The number of benzene rings is 3. The van der Waals surface area contributed by atoms with Crippen molar-refractivity contribution in [2.24, 2.45) is 0 Å². The van der Waals surface area contributed by atoms with E-state index < -0.39 is 0 Å². The zero-order valence-corrected chi connectivity index (χ0v) is 20.9. The predicted molar refractivity (Wildman–Crippen MR) is 139 cm³/mol. The molecule has 0 spiro atoms. The van der Waals surface area contributed by atoms with Gasteiger partial charge in [0.1, 0.15) is 6.26 Å². The zero-order valence-electron chi connectivity index (χ0n) is 20.9. The van der Waals surface area contributed by atoms with Gasteiger partial charge in [-0.2, -0.15) is 0 Å². The van der Waals surface area contributed by atoms with Crippen LogP contribution in [0.15, 0.2) is 89.5 Å². The molecule has 1 aromatic heterocycles. The Morgan fingerprint density at radius 3 is 2.31 bits per heavy atom. The van der Waals surface area contributed by atoms with Crippen molar-refractivity contribution in [3.05, 3.63) is 125 Å². The number of hydrogen-bond acceptors (Lipinski definition) is 4. The fourth-order valence-electron chi connectivity index (χ4n) is 4.24. The van der Waals surface area contributed by atoms with Crippen molar-refractivity contribution in [3.63, 3.8) is 0 Å². The second kappa shape index (κ2) is 11.2. The third-order valence-electron chi connectivity index (χ3n) is 6.43. The molecule has 0 bridgehead atoms. The molecule has 3 aromatic carbocycles. The van der Waals surface area contributed by atoms with Gasteiger partial charge in [-0.15, -0.1) is 0 Å². The van der Waals surface area contributed by atoms with E-state index in [2.05, 4.69) is 73.1 Å². The van der Waals surface area contributed by atoms with Gasteiger partial charge in [0.05, 0.1) is 6.54 Å². The van der Waals surface area contributed by atoms with Crippen molar-refractivity contribution >= 4 is 5.91 Å². The van der Waals surface area contributed by atoms with E-state index in [4.69, 9.17) is 4.42 Å². The highest BCUT2D eigenvalue weighted by atomic mass is 16.3. The smallest absolute Gasteiger partial charge is 0.275 e. The molecule has 4 aromatic rings. The van der Waals surface area contributed by atoms with Crippen LogP contribution in [0.4, 0.5) is 0 Å². The number of hydrogen-bond donors (Lipinski definition) is 0. The summed E-state index contributed by atoms with van der Waals surface area (Å²) in [4.78, 5) is 21.5. The molecule has 0 aliphatic carbocycles. The molecular weight excluding hydrogens is 434 g/mol. The third kappa shape index (κ3) is 6.25. The topological polar surface area (TPSA) is 49.6 Å². The summed E-state index contributed by atoms with van der Waals surface area (Å²) in [5, 5.41) is 0. The highest BCUT2D eigenvalue weighted by Gasteiger charge is 2.22. The fourth-order valence-corrected chi connectivity index (χ4v) is 4.24. The highest BCUT2D eigenvalue weighted by Crippen LogP contribution is 2.26. The molecule has 5 heteroatoms. The molecule has 1 atom stereocenters. The molecule has 0 saturated heterocycles. The molecule has 0 aliphatic heterocycles. The van der Waals surface area contributed by atoms with Crippen molar-refractivity contribution in [2.45, 2.75) is 46.4 Å². The lowest BCUT2D eigenvalue weighted by Crippen LogP contribution is -2.28. The number of rotatable bonds is 9. The summed E-state index contributed by atoms with van der Waals surface area (Å²) in [7, 11) is 1.79. The van der Waals surface area contributed by atoms with Crippen molar-refractivity contribution in [1.82, 2.24) is 14.8 Å². The summed E-state index contributed by atoms with van der Waals surface area (Å²) in [5.74, 6) is 0.385. The molecule has 0 aliphatic rings. The van der Waals surface area contributed by atoms with E-state index >= 15 is 0 Å². The van der Waals surface area contributed by atoms with Crippen molar-refractivity contribution in [2.75, 3.05) is 7.05 Å². The molecule has 0 N–H and O–H groups in total. The number of nitrogens with zero attached hydrogens (tertiary/aromatic N) is 3. The van der Waals surface area contributed by atoms with Gasteiger partial charge in [0.25, 0.3) is 5.91 Å². The molecule has 0 radical (unpaired) electrons. The lowest BCUT2D eigenvalue weighted by atomic mass is 10.0. The SMILES string of the molecule is Cc1ccc(C)c(CN(Cc2nc(C(=O)N(C)Cc3ccccc3)co2)[C@@H](C)c2ccccc2)c1. The molecule has 35 heavy (non-hydrogen) atoms. The maximum atomic E-state index is 13.0. The first-order chi connectivity index (χ1) is 16.9. The van der Waals surface area contributed by atoms with Gasteiger partial charge >= 0.3 is 0 Å². The summed E-state index contributed by atoms with van der Waals surface area (Å²) in [6.45, 7) is 8.23. The summed E-state index contributed by atoms with van der Waals surface area (Å²) in [6, 6.07) is 27.1. The van der Waals surface area contributed by atoms with Crippen molar-refractivity contribution in [3.8, 4) is 0 Å². The summed E-state index contributed by atoms with van der Waals surface area (Å²) in [6.07, 6.45) is 1.47. The van der Waals surface area contributed by atoms with Gasteiger partial charge in [-0.3, -0.25) is 9.69 Å². The van der Waals surface area contributed by atoms with Gasteiger partial charge in [-0.05, 0) is 43.0 Å². The maximum Gasteiger partial charge on any atom is 0.275 e. The highest BCUT2D eigenvalue weighted by molar-refractivity contribution is 5.91. The van der Waals surface area contributed by atoms with Crippen molar-refractivity contribution in [1.29, 1.82) is 0 Å². The second-order valence-corrected chi connectivity index (χ2v) is 9.19. The molecule has 5 nitrogen and oxygen atoms in total. The first-order valence-electron chi connectivity index (χ1n) is 12.0. The van der Waals surface area contributed by atoms with Crippen LogP contribution >= 0.6 is 0 Å². The molecule has 1 amide bonds. The van der Waals surface area contributed by atoms with Gasteiger partial charge in [-0.1, -0.05) is 84.4 Å². The van der Waals surface area contributed by atoms with E-state index in [1.165, 1.54) is 28.5 Å². The number of amides is 1. The largest absolute Gasteiger partial charge is 0.447 e. The average molecular weight is 468 g/mol. The van der Waals surface area contributed by atoms with Gasteiger partial charge < -0.3 is 9.32 Å². The number of carbonyl (C=O) groups excluding carboxylic acids is 1. The van der Waals surface area contributed by atoms with Crippen molar-refractivity contribution < 1.29 is 9.21 Å². The number of aryl methyl sites for hydroxylation is 2. The molecule has 0 saturated carbocycles. The second-order valence-electron chi connectivity index (χ2n) is 9.19. The lowest BCUT2D eigenvalue weighted by Gasteiger charge is -2.29. The van der Waals surface area contributed by atoms with Crippen LogP contribution in [0.5, 0.6) is 0 Å². The van der Waals surface area contributed by atoms with Gasteiger partial charge in [0.2, 0.25) is 5.89 Å². The van der Waals surface area contributed by atoms with E-state index in [0.29, 0.717) is 24.7 Å². The minimum absolute atomic E-state index is 0.142. The van der Waals surface area contributed by atoms with Crippen LogP contribution in [0.25, 0.3) is 0 Å². The van der Waals surface area contributed by atoms with Crippen LogP contribution in [0.3, 0.4) is 0 Å². The summed E-state index contributed by atoms with van der Waals surface area (Å²) in [5.41, 5.74) is 6.40. The van der Waals surface area contributed by atoms with E-state index in [-0.39, 0.29) is 11.9 Å². The molecule has 0 fully saturated rings. The van der Waals surface area contributed by atoms with Crippen LogP contribution in [0.1, 0.15) is 57.2 Å². The Bertz CT molecular complexity index is 1250. The molecular formula is C30H33N3O2. The minimum Gasteiger partial charge on any atom is -0.447 e. The molecule has 0 unspecified atom stereocenters. The number of carbonyl (C=O) groups is 1. The van der Waals surface area contributed by atoms with Crippen LogP contribution < -0.4 is 0 Å².